The first kappa shape index (κ1) is 20.3. The van der Waals surface area contributed by atoms with E-state index in [9.17, 15) is 4.79 Å². The lowest BCUT2D eigenvalue weighted by molar-refractivity contribution is 0.0947. The number of aryl methyl sites for hydroxylation is 1. The molecule has 154 valence electrons. The molecule has 30 heavy (non-hydrogen) atoms. The molecule has 0 spiro atoms. The number of thiazole rings is 1. The first-order valence-corrected chi connectivity index (χ1v) is 11.0. The van der Waals surface area contributed by atoms with Crippen molar-refractivity contribution >= 4 is 39.9 Å². The summed E-state index contributed by atoms with van der Waals surface area (Å²) in [5.41, 5.74) is 2.02. The van der Waals surface area contributed by atoms with Crippen LogP contribution in [0.4, 0.5) is 11.1 Å². The van der Waals surface area contributed by atoms with Crippen LogP contribution in [0.3, 0.4) is 0 Å². The van der Waals surface area contributed by atoms with Crippen LogP contribution in [-0.2, 0) is 6.54 Å². The summed E-state index contributed by atoms with van der Waals surface area (Å²) in [4.78, 5) is 28.6. The highest BCUT2D eigenvalue weighted by atomic mass is 32.1. The van der Waals surface area contributed by atoms with Gasteiger partial charge in [-0.15, -0.1) is 16.4 Å². The number of rotatable bonds is 7. The average molecular weight is 442 g/mol. The Morgan fingerprint density at radius 2 is 2.33 bits per heavy atom. The molecule has 0 aromatic carbocycles. The summed E-state index contributed by atoms with van der Waals surface area (Å²) in [6.45, 7) is 3.51. The zero-order valence-electron chi connectivity index (χ0n) is 16.2. The maximum Gasteiger partial charge on any atom is 0.271 e. The number of likely N-dealkylation sites (tertiary alicyclic amines) is 1. The Balaban J connectivity index is 1.39. The van der Waals surface area contributed by atoms with Crippen molar-refractivity contribution in [3.8, 4) is 6.07 Å². The van der Waals surface area contributed by atoms with Crippen LogP contribution < -0.4 is 10.6 Å². The number of hydrogen-bond acceptors (Lipinski definition) is 11. The monoisotopic (exact) mass is 441 g/mol. The number of anilines is 2. The van der Waals surface area contributed by atoms with E-state index in [0.29, 0.717) is 29.9 Å². The summed E-state index contributed by atoms with van der Waals surface area (Å²) >= 11 is 2.57. The van der Waals surface area contributed by atoms with Gasteiger partial charge in [0.05, 0.1) is 41.5 Å². The Morgan fingerprint density at radius 3 is 3.13 bits per heavy atom. The molecule has 4 rings (SSSR count). The lowest BCUT2D eigenvalue weighted by atomic mass is 10.1. The molecule has 0 radical (unpaired) electrons. The fraction of sp³-hybridized carbons (Fsp3) is 0.389. The minimum atomic E-state index is -0.264. The number of carbonyl (C=O) groups excluding carboxylic acids is 1. The highest BCUT2D eigenvalue weighted by Crippen LogP contribution is 2.30. The van der Waals surface area contributed by atoms with Crippen molar-refractivity contribution in [3.05, 3.63) is 39.6 Å². The first-order valence-electron chi connectivity index (χ1n) is 9.36. The molecule has 1 aliphatic rings. The summed E-state index contributed by atoms with van der Waals surface area (Å²) in [6.07, 6.45) is 3.70. The van der Waals surface area contributed by atoms with Gasteiger partial charge in [0.1, 0.15) is 5.69 Å². The molecule has 4 heterocycles. The van der Waals surface area contributed by atoms with Crippen LogP contribution in [0.2, 0.25) is 0 Å². The number of nitrogens with zero attached hydrogens (tertiary/aromatic N) is 7. The molecule has 0 aliphatic carbocycles. The van der Waals surface area contributed by atoms with Crippen molar-refractivity contribution in [1.82, 2.24) is 34.8 Å². The number of hydrogen-bond donors (Lipinski definition) is 2. The molecule has 1 amide bonds. The van der Waals surface area contributed by atoms with E-state index >= 15 is 0 Å². The summed E-state index contributed by atoms with van der Waals surface area (Å²) in [6, 6.07) is 4.21. The maximum absolute atomic E-state index is 12.3. The van der Waals surface area contributed by atoms with Crippen molar-refractivity contribution in [3.63, 3.8) is 0 Å². The highest BCUT2D eigenvalue weighted by Gasteiger charge is 2.27. The Bertz CT molecular complexity index is 1070. The van der Waals surface area contributed by atoms with Gasteiger partial charge in [-0.05, 0) is 43.9 Å². The number of nitriles is 1. The van der Waals surface area contributed by atoms with Gasteiger partial charge in [-0.3, -0.25) is 9.69 Å². The Hall–Kier alpha value is -3.01. The van der Waals surface area contributed by atoms with E-state index in [4.69, 9.17) is 5.26 Å². The van der Waals surface area contributed by atoms with E-state index < -0.39 is 0 Å². The van der Waals surface area contributed by atoms with Gasteiger partial charge in [0.15, 0.2) is 5.13 Å². The zero-order valence-corrected chi connectivity index (χ0v) is 17.8. The smallest absolute Gasteiger partial charge is 0.271 e. The van der Waals surface area contributed by atoms with Crippen molar-refractivity contribution < 1.29 is 4.79 Å². The van der Waals surface area contributed by atoms with E-state index in [1.165, 1.54) is 22.9 Å². The number of nitrogens with one attached hydrogen (secondary N) is 2. The van der Waals surface area contributed by atoms with Crippen LogP contribution in [-0.4, -0.2) is 48.4 Å². The summed E-state index contributed by atoms with van der Waals surface area (Å²) in [5, 5.41) is 21.1. The van der Waals surface area contributed by atoms with E-state index in [0.717, 1.165) is 35.7 Å². The minimum absolute atomic E-state index is 0.121. The molecule has 10 nitrogen and oxygen atoms in total. The second-order valence-electron chi connectivity index (χ2n) is 6.72. The minimum Gasteiger partial charge on any atom is -0.346 e. The predicted molar refractivity (Wildman–Crippen MR) is 112 cm³/mol. The molecule has 0 bridgehead atoms. The van der Waals surface area contributed by atoms with Crippen molar-refractivity contribution in [2.24, 2.45) is 0 Å². The molecule has 0 saturated carbocycles. The number of carbonyl (C=O) groups is 1. The molecule has 1 saturated heterocycles. The van der Waals surface area contributed by atoms with E-state index in [1.54, 1.807) is 11.6 Å². The third kappa shape index (κ3) is 4.59. The van der Waals surface area contributed by atoms with E-state index in [-0.39, 0.29) is 11.9 Å². The third-order valence-electron chi connectivity index (χ3n) is 4.77. The molecule has 12 heteroatoms. The standard InChI is InChI=1S/C18H19N9OS2/c1-11-15(30-26-25-11)9-21-16(28)13-10-29-18(23-13)24-17-20-6-4-12(22-17)14-3-2-7-27(14)8-5-19/h4,6,10,14H,2-3,7-9H2,1H3,(H,21,28)(H,20,22,23,24)/t14-/m0/s1. The molecule has 1 aliphatic heterocycles. The molecular weight excluding hydrogens is 422 g/mol. The van der Waals surface area contributed by atoms with Gasteiger partial charge >= 0.3 is 0 Å². The quantitative estimate of drug-likeness (QED) is 0.530. The highest BCUT2D eigenvalue weighted by molar-refractivity contribution is 7.14. The van der Waals surface area contributed by atoms with Crippen molar-refractivity contribution in [1.29, 1.82) is 5.26 Å². The van der Waals surface area contributed by atoms with Gasteiger partial charge in [0.25, 0.3) is 5.91 Å². The van der Waals surface area contributed by atoms with E-state index in [2.05, 4.69) is 46.1 Å². The second kappa shape index (κ2) is 9.21. The third-order valence-corrected chi connectivity index (χ3v) is 6.35. The molecule has 1 atom stereocenters. The van der Waals surface area contributed by atoms with Crippen molar-refractivity contribution in [2.75, 3.05) is 18.4 Å². The van der Waals surface area contributed by atoms with Gasteiger partial charge in [-0.2, -0.15) is 5.26 Å². The van der Waals surface area contributed by atoms with E-state index in [1.807, 2.05) is 13.0 Å². The van der Waals surface area contributed by atoms with Crippen LogP contribution in [0.25, 0.3) is 0 Å². The average Bonchev–Trinajstić information content (AvgIpc) is 3.48. The van der Waals surface area contributed by atoms with Gasteiger partial charge < -0.3 is 10.6 Å². The molecule has 1 fully saturated rings. The summed E-state index contributed by atoms with van der Waals surface area (Å²) in [5.74, 6) is 0.156. The van der Waals surface area contributed by atoms with Crippen molar-refractivity contribution in [2.45, 2.75) is 32.4 Å². The lowest BCUT2D eigenvalue weighted by Crippen LogP contribution is -2.24. The largest absolute Gasteiger partial charge is 0.346 e. The first-order chi connectivity index (χ1) is 14.6. The predicted octanol–water partition coefficient (Wildman–Crippen LogP) is 2.43. The topological polar surface area (TPSA) is 133 Å². The Kier molecular flexibility index (Phi) is 6.22. The van der Waals surface area contributed by atoms with Gasteiger partial charge in [-0.25, -0.2) is 15.0 Å². The second-order valence-corrected chi connectivity index (χ2v) is 8.42. The van der Waals surface area contributed by atoms with Crippen LogP contribution in [0.1, 0.15) is 45.6 Å². The Labute approximate surface area is 181 Å². The van der Waals surface area contributed by atoms with Gasteiger partial charge in [0.2, 0.25) is 5.95 Å². The molecule has 0 unspecified atom stereocenters. The van der Waals surface area contributed by atoms with Crippen LogP contribution >= 0.6 is 22.9 Å². The normalized spacial score (nSPS) is 16.3. The summed E-state index contributed by atoms with van der Waals surface area (Å²) in [7, 11) is 0. The summed E-state index contributed by atoms with van der Waals surface area (Å²) < 4.78 is 3.86. The van der Waals surface area contributed by atoms with Gasteiger partial charge in [0, 0.05) is 11.6 Å². The fourth-order valence-corrected chi connectivity index (χ4v) is 4.51. The van der Waals surface area contributed by atoms with Crippen LogP contribution in [0.15, 0.2) is 17.6 Å². The lowest BCUT2D eigenvalue weighted by Gasteiger charge is -2.21. The SMILES string of the molecule is Cc1nnsc1CNC(=O)c1csc(Nc2nccc([C@@H]3CCCN3CC#N)n2)n1. The molecular formula is C18H19N9OS2. The zero-order chi connectivity index (χ0) is 20.9. The molecule has 3 aromatic heterocycles. The van der Waals surface area contributed by atoms with Gasteiger partial charge in [-0.1, -0.05) is 4.49 Å². The Morgan fingerprint density at radius 1 is 1.43 bits per heavy atom. The fourth-order valence-electron chi connectivity index (χ4n) is 3.25. The molecule has 3 aromatic rings. The van der Waals surface area contributed by atoms with Crippen LogP contribution in [0.5, 0.6) is 0 Å². The molecule has 2 N–H and O–H groups in total. The maximum atomic E-state index is 12.3. The number of aromatic nitrogens is 5. The van der Waals surface area contributed by atoms with Crippen LogP contribution in [0, 0.1) is 18.3 Å². The number of amides is 1.